The normalized spacial score (nSPS) is 10.4. The smallest absolute Gasteiger partial charge is 0.181 e. The van der Waals surface area contributed by atoms with Crippen LogP contribution < -0.4 is 5.32 Å². The van der Waals surface area contributed by atoms with E-state index in [2.05, 4.69) is 15.3 Å². The Hall–Kier alpha value is -2.75. The van der Waals surface area contributed by atoms with Crippen molar-refractivity contribution >= 4 is 22.5 Å². The summed E-state index contributed by atoms with van der Waals surface area (Å²) in [4.78, 5) is 20.4. The molecule has 98 valence electrons. The summed E-state index contributed by atoms with van der Waals surface area (Å²) in [6.07, 6.45) is 3.32. The van der Waals surface area contributed by atoms with Crippen LogP contribution in [0.1, 0.15) is 10.4 Å². The van der Waals surface area contributed by atoms with E-state index in [4.69, 9.17) is 0 Å². The molecule has 0 amide bonds. The summed E-state index contributed by atoms with van der Waals surface area (Å²) in [5.41, 5.74) is 3.22. The molecule has 0 aliphatic heterocycles. The molecule has 0 unspecified atom stereocenters. The number of hydrogen-bond acceptors (Lipinski definition) is 4. The van der Waals surface area contributed by atoms with Crippen molar-refractivity contribution in [3.8, 4) is 0 Å². The van der Waals surface area contributed by atoms with Gasteiger partial charge in [0, 0.05) is 23.6 Å². The van der Waals surface area contributed by atoms with E-state index in [-0.39, 0.29) is 12.3 Å². The van der Waals surface area contributed by atoms with Crippen LogP contribution in [0.25, 0.3) is 11.0 Å². The molecular formula is C16H13N3O. The van der Waals surface area contributed by atoms with Crippen LogP contribution in [0.15, 0.2) is 60.9 Å². The second-order valence-corrected chi connectivity index (χ2v) is 4.40. The Balaban J connectivity index is 1.72. The minimum absolute atomic E-state index is 0.0600. The first kappa shape index (κ1) is 12.3. The topological polar surface area (TPSA) is 54.9 Å². The molecule has 1 heterocycles. The Morgan fingerprint density at radius 2 is 1.70 bits per heavy atom. The molecule has 0 radical (unpaired) electrons. The summed E-state index contributed by atoms with van der Waals surface area (Å²) in [6.45, 7) is 0.260. The van der Waals surface area contributed by atoms with E-state index in [1.54, 1.807) is 12.4 Å². The lowest BCUT2D eigenvalue weighted by Crippen LogP contribution is -2.13. The standard InChI is InChI=1S/C16H13N3O/c20-16(12-4-2-1-3-5-12)11-19-13-6-7-14-15(10-13)18-9-8-17-14/h1-10,19H,11H2. The fourth-order valence-corrected chi connectivity index (χ4v) is 1.98. The molecule has 4 nitrogen and oxygen atoms in total. The number of rotatable bonds is 4. The number of benzene rings is 2. The molecule has 1 aromatic heterocycles. The maximum absolute atomic E-state index is 12.0. The van der Waals surface area contributed by atoms with Crippen molar-refractivity contribution in [2.75, 3.05) is 11.9 Å². The monoisotopic (exact) mass is 263 g/mol. The van der Waals surface area contributed by atoms with Crippen molar-refractivity contribution in [1.29, 1.82) is 0 Å². The third kappa shape index (κ3) is 2.64. The molecule has 0 saturated carbocycles. The van der Waals surface area contributed by atoms with Crippen molar-refractivity contribution in [3.63, 3.8) is 0 Å². The lowest BCUT2D eigenvalue weighted by Gasteiger charge is -2.06. The average molecular weight is 263 g/mol. The molecule has 0 spiro atoms. The average Bonchev–Trinajstić information content (AvgIpc) is 2.53. The van der Waals surface area contributed by atoms with Crippen molar-refractivity contribution in [2.45, 2.75) is 0 Å². The van der Waals surface area contributed by atoms with Gasteiger partial charge in [-0.1, -0.05) is 30.3 Å². The zero-order chi connectivity index (χ0) is 13.8. The van der Waals surface area contributed by atoms with E-state index in [0.717, 1.165) is 16.7 Å². The van der Waals surface area contributed by atoms with E-state index >= 15 is 0 Å². The van der Waals surface area contributed by atoms with Gasteiger partial charge in [0.1, 0.15) is 0 Å². The van der Waals surface area contributed by atoms with Crippen LogP contribution in [0.4, 0.5) is 5.69 Å². The molecule has 0 bridgehead atoms. The van der Waals surface area contributed by atoms with Gasteiger partial charge in [-0.05, 0) is 18.2 Å². The van der Waals surface area contributed by atoms with E-state index in [9.17, 15) is 4.79 Å². The van der Waals surface area contributed by atoms with Gasteiger partial charge in [0.2, 0.25) is 0 Å². The maximum Gasteiger partial charge on any atom is 0.181 e. The van der Waals surface area contributed by atoms with E-state index in [0.29, 0.717) is 5.56 Å². The van der Waals surface area contributed by atoms with Crippen LogP contribution >= 0.6 is 0 Å². The quantitative estimate of drug-likeness (QED) is 0.735. The number of nitrogens with zero attached hydrogens (tertiary/aromatic N) is 2. The molecule has 3 aromatic rings. The lowest BCUT2D eigenvalue weighted by molar-refractivity contribution is 0.101. The Labute approximate surface area is 116 Å². The van der Waals surface area contributed by atoms with Gasteiger partial charge in [-0.2, -0.15) is 0 Å². The van der Waals surface area contributed by atoms with Crippen LogP contribution in [0.3, 0.4) is 0 Å². The Bertz CT molecular complexity index is 741. The van der Waals surface area contributed by atoms with Gasteiger partial charge in [0.15, 0.2) is 5.78 Å². The first-order valence-electron chi connectivity index (χ1n) is 6.36. The summed E-state index contributed by atoms with van der Waals surface area (Å²) >= 11 is 0. The molecule has 0 aliphatic carbocycles. The van der Waals surface area contributed by atoms with Gasteiger partial charge >= 0.3 is 0 Å². The van der Waals surface area contributed by atoms with Crippen LogP contribution in [-0.4, -0.2) is 22.3 Å². The van der Waals surface area contributed by atoms with E-state index in [1.807, 2.05) is 48.5 Å². The van der Waals surface area contributed by atoms with Crippen molar-refractivity contribution < 1.29 is 4.79 Å². The number of anilines is 1. The lowest BCUT2D eigenvalue weighted by atomic mass is 10.1. The zero-order valence-corrected chi connectivity index (χ0v) is 10.8. The Morgan fingerprint density at radius 1 is 0.950 bits per heavy atom. The SMILES string of the molecule is O=C(CNc1ccc2nccnc2c1)c1ccccc1. The van der Waals surface area contributed by atoms with Crippen LogP contribution in [-0.2, 0) is 0 Å². The second kappa shape index (κ2) is 5.48. The fraction of sp³-hybridized carbons (Fsp3) is 0.0625. The molecular weight excluding hydrogens is 250 g/mol. The third-order valence-electron chi connectivity index (χ3n) is 3.02. The predicted octanol–water partition coefficient (Wildman–Crippen LogP) is 2.92. The Kier molecular flexibility index (Phi) is 3.37. The van der Waals surface area contributed by atoms with Crippen molar-refractivity contribution in [1.82, 2.24) is 9.97 Å². The van der Waals surface area contributed by atoms with Crippen molar-refractivity contribution in [2.24, 2.45) is 0 Å². The summed E-state index contributed by atoms with van der Waals surface area (Å²) < 4.78 is 0. The molecule has 0 aliphatic rings. The number of nitrogens with one attached hydrogen (secondary N) is 1. The van der Waals surface area contributed by atoms with Gasteiger partial charge < -0.3 is 5.32 Å². The third-order valence-corrected chi connectivity index (χ3v) is 3.02. The zero-order valence-electron chi connectivity index (χ0n) is 10.8. The predicted molar refractivity (Wildman–Crippen MR) is 78.8 cm³/mol. The van der Waals surface area contributed by atoms with Gasteiger partial charge in [-0.25, -0.2) is 0 Å². The number of carbonyl (C=O) groups excluding carboxylic acids is 1. The first-order chi connectivity index (χ1) is 9.83. The highest BCUT2D eigenvalue weighted by atomic mass is 16.1. The molecule has 3 rings (SSSR count). The fourth-order valence-electron chi connectivity index (χ4n) is 1.98. The molecule has 0 atom stereocenters. The maximum atomic E-state index is 12.0. The number of carbonyl (C=O) groups is 1. The highest BCUT2D eigenvalue weighted by Gasteiger charge is 2.05. The van der Waals surface area contributed by atoms with E-state index < -0.39 is 0 Å². The number of aromatic nitrogens is 2. The molecule has 20 heavy (non-hydrogen) atoms. The van der Waals surface area contributed by atoms with Gasteiger partial charge in [-0.3, -0.25) is 14.8 Å². The number of fused-ring (bicyclic) bond motifs is 1. The second-order valence-electron chi connectivity index (χ2n) is 4.40. The van der Waals surface area contributed by atoms with Crippen LogP contribution in [0, 0.1) is 0 Å². The van der Waals surface area contributed by atoms with E-state index in [1.165, 1.54) is 0 Å². The molecule has 4 heteroatoms. The molecule has 1 N–H and O–H groups in total. The minimum atomic E-state index is 0.0600. The number of Topliss-reactive ketones (excluding diaryl/α,β-unsaturated/α-hetero) is 1. The molecule has 2 aromatic carbocycles. The van der Waals surface area contributed by atoms with Crippen LogP contribution in [0.2, 0.25) is 0 Å². The summed E-state index contributed by atoms with van der Waals surface area (Å²) in [5.74, 6) is 0.0600. The number of hydrogen-bond donors (Lipinski definition) is 1. The summed E-state index contributed by atoms with van der Waals surface area (Å²) in [5, 5.41) is 3.12. The number of ketones is 1. The highest BCUT2D eigenvalue weighted by molar-refractivity contribution is 5.99. The molecule has 0 fully saturated rings. The summed E-state index contributed by atoms with van der Waals surface area (Å²) in [7, 11) is 0. The Morgan fingerprint density at radius 3 is 2.50 bits per heavy atom. The minimum Gasteiger partial charge on any atom is -0.378 e. The van der Waals surface area contributed by atoms with Gasteiger partial charge in [0.05, 0.1) is 17.6 Å². The largest absolute Gasteiger partial charge is 0.378 e. The summed E-state index contributed by atoms with van der Waals surface area (Å²) in [6, 6.07) is 14.9. The first-order valence-corrected chi connectivity index (χ1v) is 6.36. The highest BCUT2D eigenvalue weighted by Crippen LogP contribution is 2.15. The molecule has 0 saturated heterocycles. The van der Waals surface area contributed by atoms with Gasteiger partial charge in [-0.15, -0.1) is 0 Å². The van der Waals surface area contributed by atoms with Crippen molar-refractivity contribution in [3.05, 3.63) is 66.5 Å². The van der Waals surface area contributed by atoms with Crippen LogP contribution in [0.5, 0.6) is 0 Å². The van der Waals surface area contributed by atoms with Gasteiger partial charge in [0.25, 0.3) is 0 Å².